The molecule has 1 saturated heterocycles. The molecule has 1 N–H and O–H groups in total. The number of nitrogens with one attached hydrogen (secondary N) is 1. The summed E-state index contributed by atoms with van der Waals surface area (Å²) in [5, 5.41) is 3.13. The van der Waals surface area contributed by atoms with Gasteiger partial charge in [-0.2, -0.15) is 0 Å². The van der Waals surface area contributed by atoms with Crippen molar-refractivity contribution in [2.24, 2.45) is 0 Å². The summed E-state index contributed by atoms with van der Waals surface area (Å²) in [4.78, 5) is 14.1. The highest BCUT2D eigenvalue weighted by molar-refractivity contribution is 5.76. The van der Waals surface area contributed by atoms with Crippen LogP contribution >= 0.6 is 0 Å². The van der Waals surface area contributed by atoms with E-state index in [-0.39, 0.29) is 11.9 Å². The number of likely N-dealkylation sites (tertiary alicyclic amines) is 1. The van der Waals surface area contributed by atoms with Crippen molar-refractivity contribution in [3.63, 3.8) is 0 Å². The van der Waals surface area contributed by atoms with Crippen LogP contribution in [0, 0.1) is 0 Å². The molecule has 0 bridgehead atoms. The summed E-state index contributed by atoms with van der Waals surface area (Å²) in [5.41, 5.74) is 1.20. The first kappa shape index (κ1) is 13.1. The van der Waals surface area contributed by atoms with Crippen molar-refractivity contribution in [2.75, 3.05) is 19.6 Å². The van der Waals surface area contributed by atoms with Gasteiger partial charge in [-0.15, -0.1) is 0 Å². The van der Waals surface area contributed by atoms with E-state index in [2.05, 4.69) is 22.3 Å². The second-order valence-electron chi connectivity index (χ2n) is 4.89. The highest BCUT2D eigenvalue weighted by atomic mass is 16.1. The second-order valence-corrected chi connectivity index (χ2v) is 4.89. The van der Waals surface area contributed by atoms with E-state index >= 15 is 0 Å². The minimum Gasteiger partial charge on any atom is -0.348 e. The summed E-state index contributed by atoms with van der Waals surface area (Å²) in [6, 6.07) is 10.4. The van der Waals surface area contributed by atoms with Crippen LogP contribution < -0.4 is 5.32 Å². The largest absolute Gasteiger partial charge is 0.348 e. The smallest absolute Gasteiger partial charge is 0.220 e. The third-order valence-electron chi connectivity index (χ3n) is 3.50. The van der Waals surface area contributed by atoms with Crippen LogP contribution in [0.3, 0.4) is 0 Å². The zero-order valence-electron chi connectivity index (χ0n) is 11.1. The normalized spacial score (nSPS) is 17.6. The molecular formula is C15H22N2O. The first-order chi connectivity index (χ1) is 8.79. The van der Waals surface area contributed by atoms with Gasteiger partial charge in [0.15, 0.2) is 0 Å². The highest BCUT2D eigenvalue weighted by Gasteiger charge is 2.19. The van der Waals surface area contributed by atoms with Gasteiger partial charge in [0.1, 0.15) is 0 Å². The van der Waals surface area contributed by atoms with Gasteiger partial charge in [0.05, 0.1) is 6.04 Å². The average molecular weight is 246 g/mol. The molecule has 1 aliphatic rings. The molecule has 98 valence electrons. The van der Waals surface area contributed by atoms with E-state index in [1.807, 2.05) is 25.1 Å². The van der Waals surface area contributed by atoms with Crippen molar-refractivity contribution in [1.82, 2.24) is 10.2 Å². The Balaban J connectivity index is 2.04. The minimum absolute atomic E-state index is 0.122. The summed E-state index contributed by atoms with van der Waals surface area (Å²) >= 11 is 0. The van der Waals surface area contributed by atoms with E-state index in [1.165, 1.54) is 18.4 Å². The number of amides is 1. The predicted molar refractivity (Wildman–Crippen MR) is 73.3 cm³/mol. The summed E-state index contributed by atoms with van der Waals surface area (Å²) < 4.78 is 0. The molecule has 1 fully saturated rings. The molecule has 1 atom stereocenters. The molecule has 1 aromatic rings. The van der Waals surface area contributed by atoms with Crippen LogP contribution in [0.15, 0.2) is 30.3 Å². The molecule has 1 aromatic carbocycles. The van der Waals surface area contributed by atoms with Gasteiger partial charge in [0, 0.05) is 13.0 Å². The van der Waals surface area contributed by atoms with Gasteiger partial charge in [0.25, 0.3) is 0 Å². The first-order valence-electron chi connectivity index (χ1n) is 6.86. The fourth-order valence-corrected chi connectivity index (χ4v) is 2.44. The summed E-state index contributed by atoms with van der Waals surface area (Å²) in [6.07, 6.45) is 3.11. The number of carbonyl (C=O) groups excluding carboxylic acids is 1. The Labute approximate surface area is 109 Å². The number of nitrogens with zero attached hydrogens (tertiary/aromatic N) is 1. The van der Waals surface area contributed by atoms with Gasteiger partial charge in [-0.1, -0.05) is 37.3 Å². The lowest BCUT2D eigenvalue weighted by Crippen LogP contribution is -2.36. The number of rotatable bonds is 5. The van der Waals surface area contributed by atoms with Gasteiger partial charge in [0.2, 0.25) is 5.91 Å². The van der Waals surface area contributed by atoms with Gasteiger partial charge in [-0.05, 0) is 31.5 Å². The van der Waals surface area contributed by atoms with E-state index < -0.39 is 0 Å². The lowest BCUT2D eigenvalue weighted by Gasteiger charge is -2.24. The molecule has 18 heavy (non-hydrogen) atoms. The Kier molecular flexibility index (Phi) is 4.76. The maximum Gasteiger partial charge on any atom is 0.220 e. The van der Waals surface area contributed by atoms with Crippen LogP contribution in [0.1, 0.15) is 37.8 Å². The molecule has 0 saturated carbocycles. The fraction of sp³-hybridized carbons (Fsp3) is 0.533. The third-order valence-corrected chi connectivity index (χ3v) is 3.50. The number of hydrogen-bond donors (Lipinski definition) is 1. The maximum atomic E-state index is 11.6. The Morgan fingerprint density at radius 1 is 1.28 bits per heavy atom. The molecule has 0 aromatic heterocycles. The van der Waals surface area contributed by atoms with Crippen LogP contribution in [-0.2, 0) is 4.79 Å². The van der Waals surface area contributed by atoms with Crippen LogP contribution in [0.5, 0.6) is 0 Å². The van der Waals surface area contributed by atoms with Crippen molar-refractivity contribution in [3.05, 3.63) is 35.9 Å². The quantitative estimate of drug-likeness (QED) is 0.865. The van der Waals surface area contributed by atoms with E-state index in [4.69, 9.17) is 0 Å². The first-order valence-corrected chi connectivity index (χ1v) is 6.86. The number of carbonyl (C=O) groups is 1. The van der Waals surface area contributed by atoms with Gasteiger partial charge < -0.3 is 10.2 Å². The lowest BCUT2D eigenvalue weighted by atomic mass is 10.1. The zero-order chi connectivity index (χ0) is 12.8. The molecule has 0 aliphatic carbocycles. The van der Waals surface area contributed by atoms with Crippen molar-refractivity contribution >= 4 is 5.91 Å². The summed E-state index contributed by atoms with van der Waals surface area (Å²) in [7, 11) is 0. The number of hydrogen-bond acceptors (Lipinski definition) is 2. The Morgan fingerprint density at radius 3 is 2.56 bits per heavy atom. The van der Waals surface area contributed by atoms with E-state index in [0.717, 1.165) is 19.6 Å². The molecule has 0 radical (unpaired) electrons. The molecule has 1 heterocycles. The maximum absolute atomic E-state index is 11.6. The van der Waals surface area contributed by atoms with E-state index in [0.29, 0.717) is 6.42 Å². The second kappa shape index (κ2) is 6.55. The molecule has 2 rings (SSSR count). The molecule has 3 nitrogen and oxygen atoms in total. The molecule has 1 amide bonds. The molecule has 1 aliphatic heterocycles. The predicted octanol–water partition coefficient (Wildman–Crippen LogP) is 2.35. The van der Waals surface area contributed by atoms with Crippen LogP contribution in [0.2, 0.25) is 0 Å². The standard InChI is InChI=1S/C15H22N2O/c1-2-15(18)16-14(12-17-10-6-7-11-17)13-8-4-3-5-9-13/h3-5,8-9,14H,2,6-7,10-12H2,1H3,(H,16,18). The summed E-state index contributed by atoms with van der Waals surface area (Å²) in [6.45, 7) is 5.14. The monoisotopic (exact) mass is 246 g/mol. The molecule has 1 unspecified atom stereocenters. The number of benzene rings is 1. The van der Waals surface area contributed by atoms with Gasteiger partial charge in [-0.25, -0.2) is 0 Å². The van der Waals surface area contributed by atoms with Gasteiger partial charge in [-0.3, -0.25) is 4.79 Å². The Hall–Kier alpha value is -1.35. The zero-order valence-corrected chi connectivity index (χ0v) is 11.1. The van der Waals surface area contributed by atoms with Crippen molar-refractivity contribution in [3.8, 4) is 0 Å². The van der Waals surface area contributed by atoms with E-state index in [1.54, 1.807) is 0 Å². The highest BCUT2D eigenvalue weighted by Crippen LogP contribution is 2.17. The lowest BCUT2D eigenvalue weighted by molar-refractivity contribution is -0.121. The topological polar surface area (TPSA) is 32.3 Å². The van der Waals surface area contributed by atoms with Gasteiger partial charge >= 0.3 is 0 Å². The van der Waals surface area contributed by atoms with E-state index in [9.17, 15) is 4.79 Å². The van der Waals surface area contributed by atoms with Crippen molar-refractivity contribution in [1.29, 1.82) is 0 Å². The molecule has 0 spiro atoms. The Morgan fingerprint density at radius 2 is 1.94 bits per heavy atom. The molecule has 3 heteroatoms. The third kappa shape index (κ3) is 3.57. The SMILES string of the molecule is CCC(=O)NC(CN1CCCC1)c1ccccc1. The summed E-state index contributed by atoms with van der Waals surface area (Å²) in [5.74, 6) is 0.128. The van der Waals surface area contributed by atoms with Crippen LogP contribution in [0.4, 0.5) is 0 Å². The Bertz CT molecular complexity index is 371. The van der Waals surface area contributed by atoms with Crippen molar-refractivity contribution < 1.29 is 4.79 Å². The minimum atomic E-state index is 0.122. The van der Waals surface area contributed by atoms with Crippen LogP contribution in [-0.4, -0.2) is 30.4 Å². The fourth-order valence-electron chi connectivity index (χ4n) is 2.44. The van der Waals surface area contributed by atoms with Crippen LogP contribution in [0.25, 0.3) is 0 Å². The molecular weight excluding hydrogens is 224 g/mol. The van der Waals surface area contributed by atoms with Crippen molar-refractivity contribution in [2.45, 2.75) is 32.2 Å². The average Bonchev–Trinajstić information content (AvgIpc) is 2.92.